The molecule has 1 aromatic carbocycles. The number of aliphatic hydroxyl groups is 1. The average molecular weight is 361 g/mol. The molecule has 0 aromatic heterocycles. The molecule has 0 fully saturated rings. The standard InChI is InChI=1S/C17H22F3NO4/c1-12(21-11-15(22)17(18,19)20)10-13-5-7-14(8-6-13)25-9-3-4-16(23)24-2/h3-8,12,15,21-22H,9-11H2,1-2H3. The van der Waals surface area contributed by atoms with Crippen molar-refractivity contribution in [2.45, 2.75) is 31.7 Å². The molecule has 2 N–H and O–H groups in total. The van der Waals surface area contributed by atoms with Crippen LogP contribution >= 0.6 is 0 Å². The van der Waals surface area contributed by atoms with E-state index >= 15 is 0 Å². The first-order valence-corrected chi connectivity index (χ1v) is 7.66. The van der Waals surface area contributed by atoms with Gasteiger partial charge in [0.05, 0.1) is 7.11 Å². The van der Waals surface area contributed by atoms with Gasteiger partial charge < -0.3 is 19.9 Å². The number of halogens is 3. The Morgan fingerprint density at radius 1 is 1.32 bits per heavy atom. The zero-order chi connectivity index (χ0) is 18.9. The number of methoxy groups -OCH3 is 1. The Bertz CT molecular complexity index is 558. The molecule has 0 saturated heterocycles. The lowest BCUT2D eigenvalue weighted by Crippen LogP contribution is -2.42. The minimum atomic E-state index is -4.62. The van der Waals surface area contributed by atoms with Crippen LogP contribution in [0.5, 0.6) is 5.75 Å². The number of benzene rings is 1. The Kier molecular flexibility index (Phi) is 8.44. The molecule has 0 heterocycles. The monoisotopic (exact) mass is 361 g/mol. The number of alkyl halides is 3. The Balaban J connectivity index is 2.38. The molecule has 0 aliphatic carbocycles. The second-order valence-electron chi connectivity index (χ2n) is 5.45. The van der Waals surface area contributed by atoms with Crippen LogP contribution in [0.1, 0.15) is 12.5 Å². The smallest absolute Gasteiger partial charge is 0.415 e. The van der Waals surface area contributed by atoms with E-state index in [9.17, 15) is 18.0 Å². The van der Waals surface area contributed by atoms with Crippen molar-refractivity contribution in [1.82, 2.24) is 5.32 Å². The van der Waals surface area contributed by atoms with Crippen LogP contribution in [0.3, 0.4) is 0 Å². The summed E-state index contributed by atoms with van der Waals surface area (Å²) in [6, 6.07) is 6.85. The summed E-state index contributed by atoms with van der Waals surface area (Å²) in [6.45, 7) is 1.41. The fourth-order valence-electron chi connectivity index (χ4n) is 1.93. The highest BCUT2D eigenvalue weighted by molar-refractivity contribution is 5.81. The summed E-state index contributed by atoms with van der Waals surface area (Å²) in [5, 5.41) is 11.6. The SMILES string of the molecule is COC(=O)C=CCOc1ccc(CC(C)NCC(O)C(F)(F)F)cc1. The summed E-state index contributed by atoms with van der Waals surface area (Å²) in [5.41, 5.74) is 0.916. The fraction of sp³-hybridized carbons (Fsp3) is 0.471. The second kappa shape index (κ2) is 10.0. The summed E-state index contributed by atoms with van der Waals surface area (Å²) in [6.07, 6.45) is -3.70. The van der Waals surface area contributed by atoms with Crippen molar-refractivity contribution in [3.63, 3.8) is 0 Å². The molecule has 2 atom stereocenters. The van der Waals surface area contributed by atoms with E-state index in [2.05, 4.69) is 10.1 Å². The summed E-state index contributed by atoms with van der Waals surface area (Å²) in [4.78, 5) is 10.9. The van der Waals surface area contributed by atoms with E-state index in [0.29, 0.717) is 12.2 Å². The van der Waals surface area contributed by atoms with Crippen LogP contribution in [0, 0.1) is 0 Å². The number of ether oxygens (including phenoxy) is 2. The van der Waals surface area contributed by atoms with Crippen molar-refractivity contribution >= 4 is 5.97 Å². The molecule has 0 saturated carbocycles. The van der Waals surface area contributed by atoms with E-state index < -0.39 is 24.8 Å². The minimum absolute atomic E-state index is 0.210. The zero-order valence-corrected chi connectivity index (χ0v) is 14.0. The van der Waals surface area contributed by atoms with Gasteiger partial charge in [-0.3, -0.25) is 0 Å². The Morgan fingerprint density at radius 3 is 2.52 bits per heavy atom. The van der Waals surface area contributed by atoms with Gasteiger partial charge in [0.15, 0.2) is 6.10 Å². The number of rotatable bonds is 9. The van der Waals surface area contributed by atoms with Crippen molar-refractivity contribution < 1.29 is 32.5 Å². The van der Waals surface area contributed by atoms with E-state index in [0.717, 1.165) is 5.56 Å². The van der Waals surface area contributed by atoms with Gasteiger partial charge in [0.25, 0.3) is 0 Å². The normalized spacial score (nSPS) is 14.3. The van der Waals surface area contributed by atoms with Gasteiger partial charge in [-0.15, -0.1) is 0 Å². The number of hydrogen-bond acceptors (Lipinski definition) is 5. The topological polar surface area (TPSA) is 67.8 Å². The maximum atomic E-state index is 12.2. The molecule has 25 heavy (non-hydrogen) atoms. The van der Waals surface area contributed by atoms with Crippen LogP contribution in [0.15, 0.2) is 36.4 Å². The van der Waals surface area contributed by atoms with Gasteiger partial charge in [-0.25, -0.2) is 4.79 Å². The molecule has 140 valence electrons. The molecule has 5 nitrogen and oxygen atoms in total. The first kappa shape index (κ1) is 21.0. The van der Waals surface area contributed by atoms with Crippen LogP contribution in [0.2, 0.25) is 0 Å². The number of hydrogen-bond donors (Lipinski definition) is 2. The predicted octanol–water partition coefficient (Wildman–Crippen LogP) is 2.24. The van der Waals surface area contributed by atoms with Gasteiger partial charge in [-0.05, 0) is 37.1 Å². The highest BCUT2D eigenvalue weighted by Crippen LogP contribution is 2.19. The molecule has 0 amide bonds. The molecule has 1 aromatic rings. The summed E-state index contributed by atoms with van der Waals surface area (Å²) < 4.78 is 46.5. The Labute approximate surface area is 144 Å². The third-order valence-corrected chi connectivity index (χ3v) is 3.30. The molecule has 0 aliphatic rings. The number of esters is 1. The lowest BCUT2D eigenvalue weighted by molar-refractivity contribution is -0.202. The van der Waals surface area contributed by atoms with E-state index in [-0.39, 0.29) is 12.6 Å². The lowest BCUT2D eigenvalue weighted by Gasteiger charge is -2.19. The van der Waals surface area contributed by atoms with E-state index in [4.69, 9.17) is 9.84 Å². The van der Waals surface area contributed by atoms with Gasteiger partial charge in [0, 0.05) is 18.7 Å². The quantitative estimate of drug-likeness (QED) is 0.522. The third kappa shape index (κ3) is 8.55. The molecule has 0 bridgehead atoms. The lowest BCUT2D eigenvalue weighted by atomic mass is 10.1. The van der Waals surface area contributed by atoms with Crippen LogP contribution in [0.4, 0.5) is 13.2 Å². The van der Waals surface area contributed by atoms with Crippen LogP contribution in [-0.4, -0.2) is 49.7 Å². The molecule has 8 heteroatoms. The summed E-state index contributed by atoms with van der Waals surface area (Å²) >= 11 is 0. The number of carbonyl (C=O) groups is 1. The van der Waals surface area contributed by atoms with Crippen molar-refractivity contribution in [2.75, 3.05) is 20.3 Å². The van der Waals surface area contributed by atoms with Crippen molar-refractivity contribution in [3.8, 4) is 5.75 Å². The van der Waals surface area contributed by atoms with E-state index in [1.807, 2.05) is 0 Å². The van der Waals surface area contributed by atoms with Gasteiger partial charge in [-0.2, -0.15) is 13.2 Å². The van der Waals surface area contributed by atoms with E-state index in [1.54, 1.807) is 31.2 Å². The van der Waals surface area contributed by atoms with Crippen molar-refractivity contribution in [3.05, 3.63) is 42.0 Å². The second-order valence-corrected chi connectivity index (χ2v) is 5.45. The molecule has 2 unspecified atom stereocenters. The van der Waals surface area contributed by atoms with Gasteiger partial charge >= 0.3 is 12.1 Å². The molecule has 0 spiro atoms. The number of nitrogens with one attached hydrogen (secondary N) is 1. The predicted molar refractivity (Wildman–Crippen MR) is 86.3 cm³/mol. The van der Waals surface area contributed by atoms with Gasteiger partial charge in [0.1, 0.15) is 12.4 Å². The molecular formula is C17H22F3NO4. The Morgan fingerprint density at radius 2 is 1.96 bits per heavy atom. The molecular weight excluding hydrogens is 339 g/mol. The fourth-order valence-corrected chi connectivity index (χ4v) is 1.93. The maximum absolute atomic E-state index is 12.2. The first-order valence-electron chi connectivity index (χ1n) is 7.66. The van der Waals surface area contributed by atoms with Crippen LogP contribution < -0.4 is 10.1 Å². The molecule has 0 aliphatic heterocycles. The minimum Gasteiger partial charge on any atom is -0.490 e. The maximum Gasteiger partial charge on any atom is 0.415 e. The van der Waals surface area contributed by atoms with E-state index in [1.165, 1.54) is 19.3 Å². The summed E-state index contributed by atoms with van der Waals surface area (Å²) in [5.74, 6) is 0.141. The molecule has 1 rings (SSSR count). The third-order valence-electron chi connectivity index (χ3n) is 3.30. The average Bonchev–Trinajstić information content (AvgIpc) is 2.56. The molecule has 0 radical (unpaired) electrons. The number of carbonyl (C=O) groups excluding carboxylic acids is 1. The summed E-state index contributed by atoms with van der Waals surface area (Å²) in [7, 11) is 1.28. The highest BCUT2D eigenvalue weighted by atomic mass is 19.4. The first-order chi connectivity index (χ1) is 11.7. The highest BCUT2D eigenvalue weighted by Gasteiger charge is 2.37. The van der Waals surface area contributed by atoms with Crippen molar-refractivity contribution in [2.24, 2.45) is 0 Å². The van der Waals surface area contributed by atoms with Crippen molar-refractivity contribution in [1.29, 1.82) is 0 Å². The van der Waals surface area contributed by atoms with Gasteiger partial charge in [0.2, 0.25) is 0 Å². The van der Waals surface area contributed by atoms with Crippen LogP contribution in [0.25, 0.3) is 0 Å². The largest absolute Gasteiger partial charge is 0.490 e. The number of aliphatic hydroxyl groups excluding tert-OH is 1. The Hall–Kier alpha value is -2.06. The van der Waals surface area contributed by atoms with Gasteiger partial charge in [-0.1, -0.05) is 12.1 Å². The zero-order valence-electron chi connectivity index (χ0n) is 14.0. The van der Waals surface area contributed by atoms with Crippen LogP contribution in [-0.2, 0) is 16.0 Å².